The molecule has 2 heterocycles. The van der Waals surface area contributed by atoms with Crippen LogP contribution in [0.1, 0.15) is 16.5 Å². The number of hydrogen-bond acceptors (Lipinski definition) is 3. The number of nitrogens with one attached hydrogen (secondary N) is 1. The van der Waals surface area contributed by atoms with Crippen molar-refractivity contribution in [3.8, 4) is 0 Å². The summed E-state index contributed by atoms with van der Waals surface area (Å²) in [5.41, 5.74) is 1.34. The third-order valence-electron chi connectivity index (χ3n) is 2.80. The summed E-state index contributed by atoms with van der Waals surface area (Å²) in [4.78, 5) is 5.82. The van der Waals surface area contributed by atoms with E-state index in [4.69, 9.17) is 0 Å². The first-order valence-electron chi connectivity index (χ1n) is 5.28. The Kier molecular flexibility index (Phi) is 2.26. The minimum atomic E-state index is 0.164. The molecule has 0 saturated carbocycles. The van der Waals surface area contributed by atoms with Gasteiger partial charge in [0, 0.05) is 21.3 Å². The SMILES string of the molecule is Cc1sc2ccccc2c1[C@@H]1C=CNC=N1. The molecule has 0 aliphatic carbocycles. The number of benzene rings is 1. The van der Waals surface area contributed by atoms with E-state index >= 15 is 0 Å². The average Bonchev–Trinajstić information content (AvgIpc) is 2.66. The van der Waals surface area contributed by atoms with E-state index in [0.29, 0.717) is 0 Å². The first-order valence-corrected chi connectivity index (χ1v) is 6.10. The highest BCUT2D eigenvalue weighted by Gasteiger charge is 2.16. The van der Waals surface area contributed by atoms with E-state index in [9.17, 15) is 0 Å². The zero-order valence-corrected chi connectivity index (χ0v) is 9.79. The van der Waals surface area contributed by atoms with Crippen molar-refractivity contribution >= 4 is 27.8 Å². The maximum Gasteiger partial charge on any atom is 0.0981 e. The summed E-state index contributed by atoms with van der Waals surface area (Å²) in [7, 11) is 0. The Morgan fingerprint density at radius 1 is 1.31 bits per heavy atom. The van der Waals surface area contributed by atoms with Crippen molar-refractivity contribution in [3.05, 3.63) is 47.0 Å². The van der Waals surface area contributed by atoms with Gasteiger partial charge in [-0.05, 0) is 24.5 Å². The molecule has 1 aliphatic heterocycles. The number of aliphatic imine (C=N–C) groups is 1. The molecule has 0 saturated heterocycles. The Balaban J connectivity index is 2.21. The van der Waals surface area contributed by atoms with E-state index in [2.05, 4.69) is 47.6 Å². The molecule has 1 atom stereocenters. The molecule has 2 nitrogen and oxygen atoms in total. The molecule has 1 aliphatic rings. The normalized spacial score (nSPS) is 18.9. The summed E-state index contributed by atoms with van der Waals surface area (Å²) in [6.07, 6.45) is 5.81. The topological polar surface area (TPSA) is 24.4 Å². The molecule has 0 fully saturated rings. The van der Waals surface area contributed by atoms with Crippen LogP contribution in [0.15, 0.2) is 41.5 Å². The first kappa shape index (κ1) is 9.60. The lowest BCUT2D eigenvalue weighted by Gasteiger charge is -2.11. The van der Waals surface area contributed by atoms with Crippen molar-refractivity contribution in [3.63, 3.8) is 0 Å². The van der Waals surface area contributed by atoms with E-state index in [-0.39, 0.29) is 6.04 Å². The van der Waals surface area contributed by atoms with Crippen LogP contribution in [0.3, 0.4) is 0 Å². The van der Waals surface area contributed by atoms with Gasteiger partial charge in [-0.2, -0.15) is 0 Å². The van der Waals surface area contributed by atoms with Gasteiger partial charge in [-0.3, -0.25) is 4.99 Å². The van der Waals surface area contributed by atoms with Crippen LogP contribution >= 0.6 is 11.3 Å². The molecule has 80 valence electrons. The Bertz CT molecular complexity index is 569. The molecule has 16 heavy (non-hydrogen) atoms. The van der Waals surface area contributed by atoms with Gasteiger partial charge in [-0.25, -0.2) is 0 Å². The fourth-order valence-electron chi connectivity index (χ4n) is 2.09. The monoisotopic (exact) mass is 228 g/mol. The second kappa shape index (κ2) is 3.76. The molecule has 2 aromatic rings. The summed E-state index contributed by atoms with van der Waals surface area (Å²) >= 11 is 1.84. The summed E-state index contributed by atoms with van der Waals surface area (Å²) in [5, 5.41) is 4.31. The highest BCUT2D eigenvalue weighted by atomic mass is 32.1. The van der Waals surface area contributed by atoms with E-state index in [1.165, 1.54) is 20.5 Å². The van der Waals surface area contributed by atoms with Crippen molar-refractivity contribution in [2.45, 2.75) is 13.0 Å². The van der Waals surface area contributed by atoms with Crippen molar-refractivity contribution in [2.24, 2.45) is 4.99 Å². The maximum absolute atomic E-state index is 4.47. The van der Waals surface area contributed by atoms with Crippen molar-refractivity contribution in [1.82, 2.24) is 5.32 Å². The number of fused-ring (bicyclic) bond motifs is 1. The van der Waals surface area contributed by atoms with E-state index in [1.807, 2.05) is 17.5 Å². The zero-order chi connectivity index (χ0) is 11.0. The highest BCUT2D eigenvalue weighted by Crippen LogP contribution is 2.36. The third kappa shape index (κ3) is 1.44. The van der Waals surface area contributed by atoms with Crippen LogP contribution < -0.4 is 5.32 Å². The van der Waals surface area contributed by atoms with Gasteiger partial charge in [0.2, 0.25) is 0 Å². The molecule has 1 N–H and O–H groups in total. The highest BCUT2D eigenvalue weighted by molar-refractivity contribution is 7.19. The number of aryl methyl sites for hydroxylation is 1. The summed E-state index contributed by atoms with van der Waals surface area (Å²) in [6, 6.07) is 8.69. The minimum absolute atomic E-state index is 0.164. The number of hydrogen-bond donors (Lipinski definition) is 1. The van der Waals surface area contributed by atoms with Gasteiger partial charge in [0.05, 0.1) is 12.4 Å². The number of thiophene rings is 1. The van der Waals surface area contributed by atoms with Gasteiger partial charge in [-0.1, -0.05) is 18.2 Å². The quantitative estimate of drug-likeness (QED) is 0.795. The lowest BCUT2D eigenvalue weighted by molar-refractivity contribution is 0.890. The average molecular weight is 228 g/mol. The molecule has 1 aromatic heterocycles. The predicted octanol–water partition coefficient (Wildman–Crippen LogP) is 3.40. The number of rotatable bonds is 1. The van der Waals surface area contributed by atoms with Gasteiger partial charge < -0.3 is 5.32 Å². The molecule has 1 aromatic carbocycles. The third-order valence-corrected chi connectivity index (χ3v) is 3.90. The lowest BCUT2D eigenvalue weighted by Crippen LogP contribution is -2.08. The molecule has 3 rings (SSSR count). The second-order valence-electron chi connectivity index (χ2n) is 3.82. The second-order valence-corrected chi connectivity index (χ2v) is 5.07. The Labute approximate surface area is 98.3 Å². The van der Waals surface area contributed by atoms with Crippen LogP contribution in [0.5, 0.6) is 0 Å². The molecule has 0 radical (unpaired) electrons. The summed E-state index contributed by atoms with van der Waals surface area (Å²) < 4.78 is 1.34. The molecule has 0 bridgehead atoms. The smallest absolute Gasteiger partial charge is 0.0981 e. The van der Waals surface area contributed by atoms with Crippen LogP contribution in [-0.2, 0) is 0 Å². The lowest BCUT2D eigenvalue weighted by atomic mass is 10.0. The Hall–Kier alpha value is -1.61. The van der Waals surface area contributed by atoms with E-state index in [0.717, 1.165) is 0 Å². The molecular formula is C13H12N2S. The van der Waals surface area contributed by atoms with Gasteiger partial charge >= 0.3 is 0 Å². The zero-order valence-electron chi connectivity index (χ0n) is 8.97. The Morgan fingerprint density at radius 2 is 2.19 bits per heavy atom. The van der Waals surface area contributed by atoms with Crippen molar-refractivity contribution < 1.29 is 0 Å². The molecular weight excluding hydrogens is 216 g/mol. The predicted molar refractivity (Wildman–Crippen MR) is 70.1 cm³/mol. The van der Waals surface area contributed by atoms with Crippen LogP contribution in [0, 0.1) is 6.92 Å². The Morgan fingerprint density at radius 3 is 3.00 bits per heavy atom. The fraction of sp³-hybridized carbons (Fsp3) is 0.154. The molecule has 0 unspecified atom stereocenters. The molecule has 0 amide bonds. The molecule has 0 spiro atoms. The van der Waals surface area contributed by atoms with E-state index < -0.39 is 0 Å². The van der Waals surface area contributed by atoms with Crippen LogP contribution in [0.25, 0.3) is 10.1 Å². The number of nitrogens with zero attached hydrogens (tertiary/aromatic N) is 1. The van der Waals surface area contributed by atoms with Crippen LogP contribution in [-0.4, -0.2) is 6.34 Å². The van der Waals surface area contributed by atoms with Gasteiger partial charge in [0.25, 0.3) is 0 Å². The standard InChI is InChI=1S/C13H12N2S/c1-9-13(11-6-7-14-8-15-11)10-4-2-3-5-12(10)16-9/h2-8,11H,1H3,(H,14,15)/t11-/m0/s1. The summed E-state index contributed by atoms with van der Waals surface area (Å²) in [6.45, 7) is 2.17. The fourth-order valence-corrected chi connectivity index (χ4v) is 3.19. The van der Waals surface area contributed by atoms with E-state index in [1.54, 1.807) is 6.34 Å². The minimum Gasteiger partial charge on any atom is -0.353 e. The van der Waals surface area contributed by atoms with Crippen LogP contribution in [0.2, 0.25) is 0 Å². The van der Waals surface area contributed by atoms with Gasteiger partial charge in [0.1, 0.15) is 0 Å². The van der Waals surface area contributed by atoms with Crippen molar-refractivity contribution in [2.75, 3.05) is 0 Å². The molecule has 3 heteroatoms. The summed E-state index contributed by atoms with van der Waals surface area (Å²) in [5.74, 6) is 0. The first-order chi connectivity index (χ1) is 7.86. The van der Waals surface area contributed by atoms with Crippen LogP contribution in [0.4, 0.5) is 0 Å². The van der Waals surface area contributed by atoms with Gasteiger partial charge in [-0.15, -0.1) is 11.3 Å². The van der Waals surface area contributed by atoms with Crippen molar-refractivity contribution in [1.29, 1.82) is 0 Å². The maximum atomic E-state index is 4.47. The van der Waals surface area contributed by atoms with Gasteiger partial charge in [0.15, 0.2) is 0 Å². The largest absolute Gasteiger partial charge is 0.353 e.